The fourth-order valence-electron chi connectivity index (χ4n) is 1.23. The number of benzene rings is 1. The Balaban J connectivity index is 2.60. The lowest BCUT2D eigenvalue weighted by atomic mass is 10.2. The zero-order chi connectivity index (χ0) is 11.3. The molecule has 0 heterocycles. The third-order valence-corrected chi connectivity index (χ3v) is 2.11. The van der Waals surface area contributed by atoms with Crippen molar-refractivity contribution in [3.8, 4) is 0 Å². The largest absolute Gasteiger partial charge is 0.378 e. The van der Waals surface area contributed by atoms with Crippen LogP contribution in [0.2, 0.25) is 0 Å². The fourth-order valence-corrected chi connectivity index (χ4v) is 1.23. The molecule has 84 valence electrons. The molecule has 0 aliphatic heterocycles. The summed E-state index contributed by atoms with van der Waals surface area (Å²) in [6.45, 7) is 2.32. The van der Waals surface area contributed by atoms with Crippen LogP contribution in [0.5, 0.6) is 0 Å². The van der Waals surface area contributed by atoms with E-state index in [-0.39, 0.29) is 12.1 Å². The minimum atomic E-state index is -0.370. The number of aryl methyl sites for hydroxylation is 1. The van der Waals surface area contributed by atoms with E-state index in [0.717, 1.165) is 5.56 Å². The topological polar surface area (TPSA) is 30.5 Å². The molecule has 0 aliphatic carbocycles. The summed E-state index contributed by atoms with van der Waals surface area (Å²) >= 11 is 0. The van der Waals surface area contributed by atoms with E-state index in [2.05, 4.69) is 5.32 Å². The van der Waals surface area contributed by atoms with Crippen molar-refractivity contribution in [3.05, 3.63) is 29.6 Å². The van der Waals surface area contributed by atoms with Crippen LogP contribution in [0.3, 0.4) is 0 Å². The Morgan fingerprint density at radius 1 is 1.33 bits per heavy atom. The van der Waals surface area contributed by atoms with E-state index >= 15 is 0 Å². The average molecular weight is 213 g/mol. The highest BCUT2D eigenvalue weighted by Crippen LogP contribution is 2.15. The number of rotatable bonds is 5. The Bertz CT molecular complexity index is 313. The van der Waals surface area contributed by atoms with E-state index in [0.29, 0.717) is 12.2 Å². The number of ether oxygens (including phenoxy) is 2. The zero-order valence-electron chi connectivity index (χ0n) is 9.21. The monoisotopic (exact) mass is 213 g/mol. The molecule has 0 saturated heterocycles. The van der Waals surface area contributed by atoms with Gasteiger partial charge < -0.3 is 14.8 Å². The lowest BCUT2D eigenvalue weighted by Crippen LogP contribution is -2.24. The van der Waals surface area contributed by atoms with E-state index in [1.54, 1.807) is 26.4 Å². The second-order valence-corrected chi connectivity index (χ2v) is 3.27. The van der Waals surface area contributed by atoms with E-state index < -0.39 is 0 Å². The van der Waals surface area contributed by atoms with Gasteiger partial charge in [0, 0.05) is 14.2 Å². The molecule has 1 aromatic carbocycles. The van der Waals surface area contributed by atoms with Gasteiger partial charge in [-0.25, -0.2) is 4.39 Å². The molecule has 0 aliphatic rings. The van der Waals surface area contributed by atoms with E-state index in [1.807, 2.05) is 6.92 Å². The highest BCUT2D eigenvalue weighted by Gasteiger charge is 2.06. The van der Waals surface area contributed by atoms with Gasteiger partial charge >= 0.3 is 0 Å². The van der Waals surface area contributed by atoms with Gasteiger partial charge in [0.2, 0.25) is 0 Å². The van der Waals surface area contributed by atoms with Gasteiger partial charge in [-0.3, -0.25) is 0 Å². The number of nitrogens with one attached hydrogen (secondary N) is 1. The van der Waals surface area contributed by atoms with Gasteiger partial charge in [-0.1, -0.05) is 6.07 Å². The van der Waals surface area contributed by atoms with Crippen molar-refractivity contribution >= 4 is 5.69 Å². The summed E-state index contributed by atoms with van der Waals surface area (Å²) in [7, 11) is 3.09. The predicted octanol–water partition coefficient (Wildman–Crippen LogP) is 2.16. The van der Waals surface area contributed by atoms with Crippen molar-refractivity contribution in [2.24, 2.45) is 0 Å². The van der Waals surface area contributed by atoms with Crippen molar-refractivity contribution in [2.45, 2.75) is 13.2 Å². The first-order valence-electron chi connectivity index (χ1n) is 4.73. The fraction of sp³-hybridized carbons (Fsp3) is 0.455. The predicted molar refractivity (Wildman–Crippen MR) is 57.4 cm³/mol. The molecule has 0 bridgehead atoms. The first-order chi connectivity index (χ1) is 7.17. The molecule has 0 unspecified atom stereocenters. The normalized spacial score (nSPS) is 10.7. The molecule has 0 spiro atoms. The van der Waals surface area contributed by atoms with Gasteiger partial charge in [-0.2, -0.15) is 0 Å². The molecule has 3 nitrogen and oxygen atoms in total. The van der Waals surface area contributed by atoms with Gasteiger partial charge in [-0.15, -0.1) is 0 Å². The van der Waals surface area contributed by atoms with Gasteiger partial charge in [-0.05, 0) is 24.6 Å². The molecule has 0 amide bonds. The summed E-state index contributed by atoms with van der Waals surface area (Å²) in [5, 5.41) is 2.93. The molecular weight excluding hydrogens is 197 g/mol. The second kappa shape index (κ2) is 5.68. The van der Waals surface area contributed by atoms with Crippen LogP contribution < -0.4 is 5.32 Å². The zero-order valence-corrected chi connectivity index (χ0v) is 9.21. The van der Waals surface area contributed by atoms with E-state index in [1.165, 1.54) is 6.07 Å². The second-order valence-electron chi connectivity index (χ2n) is 3.27. The smallest absolute Gasteiger partial charge is 0.173 e. The third kappa shape index (κ3) is 3.49. The molecular formula is C11H16FNO2. The Hall–Kier alpha value is -1.13. The van der Waals surface area contributed by atoms with Crippen molar-refractivity contribution in [1.82, 2.24) is 0 Å². The minimum absolute atomic E-state index is 0.272. The first kappa shape index (κ1) is 11.9. The number of halogens is 1. The summed E-state index contributed by atoms with van der Waals surface area (Å²) in [6, 6.07) is 4.91. The van der Waals surface area contributed by atoms with Crippen molar-refractivity contribution in [3.63, 3.8) is 0 Å². The van der Waals surface area contributed by atoms with Crippen LogP contribution in [0.4, 0.5) is 10.1 Å². The van der Waals surface area contributed by atoms with Crippen LogP contribution in [0.15, 0.2) is 18.2 Å². The first-order valence-corrected chi connectivity index (χ1v) is 4.73. The molecule has 0 aromatic heterocycles. The van der Waals surface area contributed by atoms with Gasteiger partial charge in [0.15, 0.2) is 6.29 Å². The maximum Gasteiger partial charge on any atom is 0.173 e. The van der Waals surface area contributed by atoms with Crippen LogP contribution in [0, 0.1) is 12.7 Å². The van der Waals surface area contributed by atoms with E-state index in [9.17, 15) is 4.39 Å². The molecule has 0 saturated carbocycles. The summed E-state index contributed by atoms with van der Waals surface area (Å²) < 4.78 is 23.3. The molecule has 0 radical (unpaired) electrons. The standard InChI is InChI=1S/C11H16FNO2/c1-8-4-5-9(12)10(6-8)13-7-11(14-2)15-3/h4-6,11,13H,7H2,1-3H3. The van der Waals surface area contributed by atoms with Crippen LogP contribution in [0.1, 0.15) is 5.56 Å². The van der Waals surface area contributed by atoms with Crippen molar-refractivity contribution in [1.29, 1.82) is 0 Å². The lowest BCUT2D eigenvalue weighted by molar-refractivity contribution is -0.0914. The highest BCUT2D eigenvalue weighted by atomic mass is 19.1. The molecule has 1 N–H and O–H groups in total. The Morgan fingerprint density at radius 3 is 2.60 bits per heavy atom. The maximum atomic E-state index is 13.3. The molecule has 0 atom stereocenters. The van der Waals surface area contributed by atoms with Crippen LogP contribution in [-0.4, -0.2) is 27.1 Å². The summed E-state index contributed by atoms with van der Waals surface area (Å²) in [5.41, 5.74) is 1.47. The lowest BCUT2D eigenvalue weighted by Gasteiger charge is -2.15. The number of anilines is 1. The third-order valence-electron chi connectivity index (χ3n) is 2.11. The van der Waals surface area contributed by atoms with Gasteiger partial charge in [0.25, 0.3) is 0 Å². The van der Waals surface area contributed by atoms with Gasteiger partial charge in [0.05, 0.1) is 12.2 Å². The quantitative estimate of drug-likeness (QED) is 0.760. The van der Waals surface area contributed by atoms with Crippen molar-refractivity contribution in [2.75, 3.05) is 26.1 Å². The van der Waals surface area contributed by atoms with Crippen LogP contribution in [-0.2, 0) is 9.47 Å². The molecule has 1 rings (SSSR count). The summed E-state index contributed by atoms with van der Waals surface area (Å²) in [5.74, 6) is -0.272. The average Bonchev–Trinajstić information content (AvgIpc) is 2.24. The number of hydrogen-bond donors (Lipinski definition) is 1. The van der Waals surface area contributed by atoms with Crippen molar-refractivity contribution < 1.29 is 13.9 Å². The summed E-state index contributed by atoms with van der Waals surface area (Å²) in [6.07, 6.45) is -0.370. The molecule has 4 heteroatoms. The maximum absolute atomic E-state index is 13.3. The Morgan fingerprint density at radius 2 is 2.00 bits per heavy atom. The number of methoxy groups -OCH3 is 2. The highest BCUT2D eigenvalue weighted by molar-refractivity contribution is 5.46. The molecule has 0 fully saturated rings. The molecule has 1 aromatic rings. The summed E-state index contributed by atoms with van der Waals surface area (Å²) in [4.78, 5) is 0. The van der Waals surface area contributed by atoms with Gasteiger partial charge in [0.1, 0.15) is 5.82 Å². The molecule has 15 heavy (non-hydrogen) atoms. The Labute approximate surface area is 89.2 Å². The number of hydrogen-bond acceptors (Lipinski definition) is 3. The van der Waals surface area contributed by atoms with Crippen LogP contribution in [0.25, 0.3) is 0 Å². The SMILES string of the molecule is COC(CNc1cc(C)ccc1F)OC. The van der Waals surface area contributed by atoms with E-state index in [4.69, 9.17) is 9.47 Å². The Kier molecular flexibility index (Phi) is 4.52. The van der Waals surface area contributed by atoms with Crippen LogP contribution >= 0.6 is 0 Å². The minimum Gasteiger partial charge on any atom is -0.378 e.